The molecule has 0 saturated carbocycles. The molecule has 31 heavy (non-hydrogen) atoms. The van der Waals surface area contributed by atoms with Crippen LogP contribution in [0.25, 0.3) is 0 Å². The molecule has 3 heterocycles. The van der Waals surface area contributed by atoms with Gasteiger partial charge in [-0.1, -0.05) is 0 Å². The molecule has 1 aromatic heterocycles. The average Bonchev–Trinajstić information content (AvgIpc) is 2.72. The number of halogens is 3. The number of aliphatic carboxylic acids is 2. The summed E-state index contributed by atoms with van der Waals surface area (Å²) in [7, 11) is 0. The Hall–Kier alpha value is -2.89. The third-order valence-corrected chi connectivity index (χ3v) is 4.87. The van der Waals surface area contributed by atoms with Crippen LogP contribution in [0.3, 0.4) is 0 Å². The lowest BCUT2D eigenvalue weighted by molar-refractivity contribution is -0.192. The first kappa shape index (κ1) is 24.4. The molecule has 0 aliphatic carbocycles. The van der Waals surface area contributed by atoms with Crippen LogP contribution >= 0.6 is 0 Å². The Balaban J connectivity index is 0.000000423. The summed E-state index contributed by atoms with van der Waals surface area (Å²) < 4.78 is 37.2. The van der Waals surface area contributed by atoms with Crippen LogP contribution in [0, 0.1) is 0 Å². The van der Waals surface area contributed by atoms with Gasteiger partial charge in [-0.15, -0.1) is 0 Å². The van der Waals surface area contributed by atoms with E-state index in [-0.39, 0.29) is 18.5 Å². The first-order valence-corrected chi connectivity index (χ1v) is 9.73. The zero-order valence-electron chi connectivity index (χ0n) is 16.7. The molecule has 0 aromatic carbocycles. The van der Waals surface area contributed by atoms with Gasteiger partial charge in [-0.2, -0.15) is 13.2 Å². The highest BCUT2D eigenvalue weighted by Crippen LogP contribution is 2.23. The van der Waals surface area contributed by atoms with Gasteiger partial charge < -0.3 is 25.2 Å². The molecule has 1 aromatic rings. The molecule has 9 nitrogen and oxygen atoms in total. The monoisotopic (exact) mass is 447 g/mol. The third-order valence-electron chi connectivity index (χ3n) is 4.87. The minimum atomic E-state index is -5.08. The summed E-state index contributed by atoms with van der Waals surface area (Å²) in [4.78, 5) is 38.5. The number of nitrogens with zero attached hydrogens (tertiary/aromatic N) is 2. The molecule has 12 heteroatoms. The van der Waals surface area contributed by atoms with Gasteiger partial charge in [-0.25, -0.2) is 9.59 Å². The van der Waals surface area contributed by atoms with Crippen molar-refractivity contribution in [2.45, 2.75) is 57.3 Å². The fraction of sp³-hybridized carbons (Fsp3) is 0.579. The maximum atomic E-state index is 12.6. The number of aromatic nitrogens is 1. The molecule has 0 radical (unpaired) electrons. The number of carbonyl (C=O) groups excluding carboxylic acids is 1. The van der Waals surface area contributed by atoms with Gasteiger partial charge in [0.05, 0.1) is 25.1 Å². The number of likely N-dealkylation sites (tertiary alicyclic amines) is 1. The number of carboxylic acid groups (broad SMARTS) is 2. The van der Waals surface area contributed by atoms with E-state index in [9.17, 15) is 22.8 Å². The SMILES string of the molecule is O=C(O)C(F)(F)F.O=C(O)CCC1CCCCN1C(=O)Nc1cnc2c(c1)COCC2. The highest BCUT2D eigenvalue weighted by molar-refractivity contribution is 5.89. The van der Waals surface area contributed by atoms with Crippen LogP contribution in [-0.4, -0.2) is 63.4 Å². The van der Waals surface area contributed by atoms with Gasteiger partial charge in [0.15, 0.2) is 0 Å². The van der Waals surface area contributed by atoms with Crippen molar-refractivity contribution in [2.75, 3.05) is 18.5 Å². The van der Waals surface area contributed by atoms with Gasteiger partial charge in [-0.05, 0) is 31.7 Å². The van der Waals surface area contributed by atoms with Crippen molar-refractivity contribution in [3.63, 3.8) is 0 Å². The number of amides is 2. The summed E-state index contributed by atoms with van der Waals surface area (Å²) in [5.74, 6) is -3.58. The van der Waals surface area contributed by atoms with Gasteiger partial charge in [0, 0.05) is 36.7 Å². The number of hydrogen-bond acceptors (Lipinski definition) is 5. The lowest BCUT2D eigenvalue weighted by atomic mass is 9.98. The number of fused-ring (bicyclic) bond motifs is 1. The normalized spacial score (nSPS) is 18.3. The lowest BCUT2D eigenvalue weighted by Crippen LogP contribution is -2.46. The fourth-order valence-electron chi connectivity index (χ4n) is 3.36. The number of piperidine rings is 1. The average molecular weight is 447 g/mol. The molecular formula is C19H24F3N3O6. The van der Waals surface area contributed by atoms with Crippen molar-refractivity contribution >= 4 is 23.7 Å². The van der Waals surface area contributed by atoms with Crippen molar-refractivity contribution in [1.29, 1.82) is 0 Å². The Labute approximate surface area is 176 Å². The minimum Gasteiger partial charge on any atom is -0.481 e. The summed E-state index contributed by atoms with van der Waals surface area (Å²) >= 11 is 0. The van der Waals surface area contributed by atoms with E-state index in [4.69, 9.17) is 19.7 Å². The summed E-state index contributed by atoms with van der Waals surface area (Å²) in [6, 6.07) is 1.72. The van der Waals surface area contributed by atoms with Crippen LogP contribution in [-0.2, 0) is 27.4 Å². The van der Waals surface area contributed by atoms with Crippen molar-refractivity contribution in [3.05, 3.63) is 23.5 Å². The zero-order valence-corrected chi connectivity index (χ0v) is 16.7. The maximum Gasteiger partial charge on any atom is 0.490 e. The molecule has 1 saturated heterocycles. The highest BCUT2D eigenvalue weighted by atomic mass is 19.4. The number of ether oxygens (including phenoxy) is 1. The second-order valence-corrected chi connectivity index (χ2v) is 7.14. The standard InChI is InChI=1S/C17H23N3O4.C2HF3O2/c21-16(22)5-4-14-3-1-2-7-20(14)17(23)19-13-9-12-11-24-8-6-15(12)18-10-13;3-2(4,5)1(6)7/h9-10,14H,1-8,11H2,(H,19,23)(H,21,22);(H,6,7). The first-order chi connectivity index (χ1) is 14.6. The Morgan fingerprint density at radius 1 is 1.26 bits per heavy atom. The summed E-state index contributed by atoms with van der Waals surface area (Å²) in [6.45, 7) is 1.87. The number of anilines is 1. The second kappa shape index (κ2) is 10.9. The first-order valence-electron chi connectivity index (χ1n) is 9.73. The molecule has 1 atom stereocenters. The van der Waals surface area contributed by atoms with E-state index in [1.165, 1.54) is 0 Å². The van der Waals surface area contributed by atoms with Gasteiger partial charge >= 0.3 is 24.1 Å². The van der Waals surface area contributed by atoms with Crippen LogP contribution in [0.5, 0.6) is 0 Å². The topological polar surface area (TPSA) is 129 Å². The summed E-state index contributed by atoms with van der Waals surface area (Å²) in [5, 5.41) is 18.9. The van der Waals surface area contributed by atoms with Crippen molar-refractivity contribution < 1.29 is 42.5 Å². The molecule has 1 unspecified atom stereocenters. The number of carboxylic acids is 2. The van der Waals surface area contributed by atoms with Gasteiger partial charge in [0.1, 0.15) is 0 Å². The van der Waals surface area contributed by atoms with E-state index >= 15 is 0 Å². The molecule has 0 bridgehead atoms. The van der Waals surface area contributed by atoms with Crippen molar-refractivity contribution in [2.24, 2.45) is 0 Å². The second-order valence-electron chi connectivity index (χ2n) is 7.14. The van der Waals surface area contributed by atoms with Crippen molar-refractivity contribution in [3.8, 4) is 0 Å². The molecule has 0 spiro atoms. The molecule has 3 N–H and O–H groups in total. The number of carbonyl (C=O) groups is 3. The largest absolute Gasteiger partial charge is 0.490 e. The molecular weight excluding hydrogens is 423 g/mol. The van der Waals surface area contributed by atoms with Gasteiger partial charge in [0.2, 0.25) is 0 Å². The molecule has 1 fully saturated rings. The molecule has 2 aliphatic heterocycles. The number of hydrogen-bond donors (Lipinski definition) is 3. The Morgan fingerprint density at radius 3 is 2.61 bits per heavy atom. The van der Waals surface area contributed by atoms with Gasteiger partial charge in [-0.3, -0.25) is 9.78 Å². The van der Waals surface area contributed by atoms with Crippen LogP contribution in [0.1, 0.15) is 43.4 Å². The van der Waals surface area contributed by atoms with Crippen LogP contribution < -0.4 is 5.32 Å². The quantitative estimate of drug-likeness (QED) is 0.647. The van der Waals surface area contributed by atoms with Gasteiger partial charge in [0.25, 0.3) is 0 Å². The van der Waals surface area contributed by atoms with Crippen LogP contribution in [0.15, 0.2) is 12.3 Å². The van der Waals surface area contributed by atoms with Crippen LogP contribution in [0.4, 0.5) is 23.7 Å². The zero-order chi connectivity index (χ0) is 23.0. The van der Waals surface area contributed by atoms with E-state index in [2.05, 4.69) is 10.3 Å². The van der Waals surface area contributed by atoms with E-state index in [1.54, 1.807) is 11.1 Å². The predicted octanol–water partition coefficient (Wildman–Crippen LogP) is 3.04. The van der Waals surface area contributed by atoms with Crippen molar-refractivity contribution in [1.82, 2.24) is 9.88 Å². The minimum absolute atomic E-state index is 0.0104. The molecule has 172 valence electrons. The Morgan fingerprint density at radius 2 is 1.97 bits per heavy atom. The molecule has 2 aliphatic rings. The Bertz CT molecular complexity index is 803. The van der Waals surface area contributed by atoms with E-state index in [0.717, 1.165) is 36.9 Å². The predicted molar refractivity (Wildman–Crippen MR) is 102 cm³/mol. The maximum absolute atomic E-state index is 12.6. The molecule has 3 rings (SSSR count). The number of nitrogens with one attached hydrogen (secondary N) is 1. The van der Waals surface area contributed by atoms with Crippen LogP contribution in [0.2, 0.25) is 0 Å². The Kier molecular flexibility index (Phi) is 8.60. The summed E-state index contributed by atoms with van der Waals surface area (Å²) in [5.41, 5.74) is 2.70. The smallest absolute Gasteiger partial charge is 0.481 e. The van der Waals surface area contributed by atoms with E-state index < -0.39 is 18.1 Å². The number of rotatable bonds is 4. The fourth-order valence-corrected chi connectivity index (χ4v) is 3.36. The van der Waals surface area contributed by atoms with E-state index in [0.29, 0.717) is 31.9 Å². The number of pyridine rings is 1. The molecule has 2 amide bonds. The number of urea groups is 1. The summed E-state index contributed by atoms with van der Waals surface area (Å²) in [6.07, 6.45) is 0.826. The lowest BCUT2D eigenvalue weighted by Gasteiger charge is -2.35. The number of alkyl halides is 3. The highest BCUT2D eigenvalue weighted by Gasteiger charge is 2.38. The van der Waals surface area contributed by atoms with E-state index in [1.807, 2.05) is 6.07 Å². The third kappa shape index (κ3) is 7.70.